The molecular weight excluding hydrogens is 290 g/mol. The van der Waals surface area contributed by atoms with Gasteiger partial charge in [-0.25, -0.2) is 5.43 Å². The number of hydrogen-bond donors (Lipinski definition) is 2. The molecule has 0 aliphatic heterocycles. The normalized spacial score (nSPS) is 10.9. The number of benzene rings is 2. The fourth-order valence-corrected chi connectivity index (χ4v) is 1.81. The summed E-state index contributed by atoms with van der Waals surface area (Å²) in [6.45, 7) is 4.85. The van der Waals surface area contributed by atoms with Gasteiger partial charge in [0, 0.05) is 11.3 Å². The Morgan fingerprint density at radius 3 is 2.70 bits per heavy atom. The molecule has 0 unspecified atom stereocenters. The third kappa shape index (κ3) is 5.47. The van der Waals surface area contributed by atoms with Crippen molar-refractivity contribution in [2.24, 2.45) is 11.0 Å². The van der Waals surface area contributed by atoms with Gasteiger partial charge in [0.05, 0.1) is 12.8 Å². The second kappa shape index (κ2) is 7.98. The van der Waals surface area contributed by atoms with E-state index in [4.69, 9.17) is 10.5 Å². The molecule has 0 atom stereocenters. The van der Waals surface area contributed by atoms with Gasteiger partial charge in [-0.1, -0.05) is 26.0 Å². The van der Waals surface area contributed by atoms with Gasteiger partial charge in [-0.05, 0) is 47.9 Å². The van der Waals surface area contributed by atoms with E-state index in [1.807, 2.05) is 24.3 Å². The summed E-state index contributed by atoms with van der Waals surface area (Å²) >= 11 is 0. The van der Waals surface area contributed by atoms with Gasteiger partial charge in [-0.15, -0.1) is 0 Å². The molecule has 0 bridgehead atoms. The third-order valence-corrected chi connectivity index (χ3v) is 2.99. The first kappa shape index (κ1) is 16.5. The Bertz CT molecular complexity index is 679. The Labute approximate surface area is 136 Å². The minimum atomic E-state index is -0.284. The number of hydrogen-bond acceptors (Lipinski definition) is 4. The molecule has 2 aromatic rings. The van der Waals surface area contributed by atoms with Crippen LogP contribution >= 0.6 is 0 Å². The molecule has 0 aromatic heterocycles. The number of carbonyl (C=O) groups excluding carboxylic acids is 1. The van der Waals surface area contributed by atoms with E-state index >= 15 is 0 Å². The van der Waals surface area contributed by atoms with Crippen LogP contribution in [0.25, 0.3) is 0 Å². The molecule has 2 rings (SSSR count). The lowest BCUT2D eigenvalue weighted by molar-refractivity contribution is 0.0955. The van der Waals surface area contributed by atoms with Crippen LogP contribution in [0, 0.1) is 5.92 Å². The number of nitrogens with one attached hydrogen (secondary N) is 1. The van der Waals surface area contributed by atoms with Gasteiger partial charge in [0.2, 0.25) is 0 Å². The highest BCUT2D eigenvalue weighted by molar-refractivity contribution is 5.95. The number of ether oxygens (including phenoxy) is 1. The van der Waals surface area contributed by atoms with Crippen molar-refractivity contribution >= 4 is 17.8 Å². The fourth-order valence-electron chi connectivity index (χ4n) is 1.81. The number of amides is 1. The third-order valence-electron chi connectivity index (χ3n) is 2.99. The Morgan fingerprint density at radius 2 is 2.00 bits per heavy atom. The molecule has 0 saturated heterocycles. The van der Waals surface area contributed by atoms with Crippen LogP contribution < -0.4 is 15.9 Å². The molecule has 5 nitrogen and oxygen atoms in total. The van der Waals surface area contributed by atoms with Gasteiger partial charge in [0.25, 0.3) is 5.91 Å². The predicted octanol–water partition coefficient (Wildman–Crippen LogP) is 3.07. The van der Waals surface area contributed by atoms with E-state index < -0.39 is 0 Å². The van der Waals surface area contributed by atoms with E-state index in [0.717, 1.165) is 11.3 Å². The molecule has 3 N–H and O–H groups in total. The lowest BCUT2D eigenvalue weighted by Crippen LogP contribution is -2.17. The highest BCUT2D eigenvalue weighted by Crippen LogP contribution is 2.13. The summed E-state index contributed by atoms with van der Waals surface area (Å²) in [5.74, 6) is 0.965. The summed E-state index contributed by atoms with van der Waals surface area (Å²) in [5, 5.41) is 3.97. The summed E-state index contributed by atoms with van der Waals surface area (Å²) in [4.78, 5) is 11.9. The van der Waals surface area contributed by atoms with Gasteiger partial charge >= 0.3 is 0 Å². The predicted molar refractivity (Wildman–Crippen MR) is 92.7 cm³/mol. The second-order valence-electron chi connectivity index (χ2n) is 5.60. The van der Waals surface area contributed by atoms with Crippen LogP contribution in [-0.2, 0) is 0 Å². The van der Waals surface area contributed by atoms with Crippen molar-refractivity contribution in [1.82, 2.24) is 5.43 Å². The van der Waals surface area contributed by atoms with Gasteiger partial charge in [0.15, 0.2) is 0 Å². The van der Waals surface area contributed by atoms with Crippen molar-refractivity contribution < 1.29 is 9.53 Å². The molecule has 1 amide bonds. The van der Waals surface area contributed by atoms with Crippen LogP contribution in [0.5, 0.6) is 5.75 Å². The number of nitrogens with zero attached hydrogens (tertiary/aromatic N) is 1. The molecule has 0 spiro atoms. The second-order valence-corrected chi connectivity index (χ2v) is 5.60. The van der Waals surface area contributed by atoms with Gasteiger partial charge in [0.1, 0.15) is 5.75 Å². The molecular formula is C18H21N3O2. The first-order valence-electron chi connectivity index (χ1n) is 7.46. The Hall–Kier alpha value is -2.82. The van der Waals surface area contributed by atoms with E-state index in [0.29, 0.717) is 23.8 Å². The lowest BCUT2D eigenvalue weighted by Gasteiger charge is -2.08. The number of hydrazone groups is 1. The molecule has 0 radical (unpaired) electrons. The van der Waals surface area contributed by atoms with Crippen molar-refractivity contribution in [2.75, 3.05) is 12.3 Å². The minimum Gasteiger partial charge on any atom is -0.493 e. The fraction of sp³-hybridized carbons (Fsp3) is 0.222. The topological polar surface area (TPSA) is 76.7 Å². The van der Waals surface area contributed by atoms with Crippen molar-refractivity contribution in [2.45, 2.75) is 13.8 Å². The van der Waals surface area contributed by atoms with Crippen molar-refractivity contribution in [3.05, 3.63) is 59.7 Å². The van der Waals surface area contributed by atoms with E-state index in [9.17, 15) is 4.79 Å². The largest absolute Gasteiger partial charge is 0.493 e. The van der Waals surface area contributed by atoms with Crippen LogP contribution in [0.15, 0.2) is 53.6 Å². The average Bonchev–Trinajstić information content (AvgIpc) is 2.54. The van der Waals surface area contributed by atoms with E-state index in [-0.39, 0.29) is 5.91 Å². The molecule has 0 aliphatic rings. The number of rotatable bonds is 6. The van der Waals surface area contributed by atoms with E-state index in [1.165, 1.54) is 0 Å². The Kier molecular flexibility index (Phi) is 5.74. The molecule has 2 aromatic carbocycles. The smallest absolute Gasteiger partial charge is 0.271 e. The summed E-state index contributed by atoms with van der Waals surface area (Å²) < 4.78 is 5.66. The molecule has 5 heteroatoms. The molecule has 0 aliphatic carbocycles. The van der Waals surface area contributed by atoms with Gasteiger partial charge in [-0.3, -0.25) is 4.79 Å². The van der Waals surface area contributed by atoms with E-state index in [2.05, 4.69) is 24.4 Å². The maximum atomic E-state index is 11.9. The summed E-state index contributed by atoms with van der Waals surface area (Å²) in [5.41, 5.74) is 10.0. The van der Waals surface area contributed by atoms with E-state index in [1.54, 1.807) is 30.5 Å². The highest BCUT2D eigenvalue weighted by Gasteiger charge is 2.03. The summed E-state index contributed by atoms with van der Waals surface area (Å²) in [7, 11) is 0. The zero-order valence-corrected chi connectivity index (χ0v) is 13.3. The SMILES string of the molecule is CC(C)COc1cccc(/C=N\NC(=O)c2ccc(N)cc2)c1. The van der Waals surface area contributed by atoms with Gasteiger partial charge in [-0.2, -0.15) is 5.10 Å². The quantitative estimate of drug-likeness (QED) is 0.489. The van der Waals surface area contributed by atoms with Crippen LogP contribution in [0.1, 0.15) is 29.8 Å². The van der Waals surface area contributed by atoms with Crippen LogP contribution in [0.3, 0.4) is 0 Å². The first-order chi connectivity index (χ1) is 11.0. The number of anilines is 1. The Balaban J connectivity index is 1.93. The summed E-state index contributed by atoms with van der Waals surface area (Å²) in [6, 6.07) is 14.2. The zero-order valence-electron chi connectivity index (χ0n) is 13.3. The van der Waals surface area contributed by atoms with Crippen molar-refractivity contribution in [1.29, 1.82) is 0 Å². The minimum absolute atomic E-state index is 0.284. The highest BCUT2D eigenvalue weighted by atomic mass is 16.5. The van der Waals surface area contributed by atoms with Crippen molar-refractivity contribution in [3.8, 4) is 5.75 Å². The summed E-state index contributed by atoms with van der Waals surface area (Å²) in [6.07, 6.45) is 1.58. The molecule has 23 heavy (non-hydrogen) atoms. The maximum Gasteiger partial charge on any atom is 0.271 e. The lowest BCUT2D eigenvalue weighted by atomic mass is 10.2. The molecule has 120 valence electrons. The van der Waals surface area contributed by atoms with Crippen LogP contribution in [-0.4, -0.2) is 18.7 Å². The molecule has 0 heterocycles. The number of nitrogen functional groups attached to an aromatic ring is 1. The van der Waals surface area contributed by atoms with Crippen molar-refractivity contribution in [3.63, 3.8) is 0 Å². The average molecular weight is 311 g/mol. The molecule has 0 fully saturated rings. The van der Waals surface area contributed by atoms with Gasteiger partial charge < -0.3 is 10.5 Å². The zero-order chi connectivity index (χ0) is 16.7. The Morgan fingerprint density at radius 1 is 1.26 bits per heavy atom. The van der Waals surface area contributed by atoms with Crippen LogP contribution in [0.2, 0.25) is 0 Å². The number of nitrogens with two attached hydrogens (primary N) is 1. The van der Waals surface area contributed by atoms with Crippen LogP contribution in [0.4, 0.5) is 5.69 Å². The first-order valence-corrected chi connectivity index (χ1v) is 7.46. The maximum absolute atomic E-state index is 11.9. The monoisotopic (exact) mass is 311 g/mol. The number of carbonyl (C=O) groups is 1. The standard InChI is InChI=1S/C18H21N3O2/c1-13(2)12-23-17-5-3-4-14(10-17)11-20-21-18(22)15-6-8-16(19)9-7-15/h3-11,13H,12,19H2,1-2H3,(H,21,22)/b20-11-. The molecule has 0 saturated carbocycles.